The number of rotatable bonds is 5. The first-order chi connectivity index (χ1) is 15.1. The van der Waals surface area contributed by atoms with Crippen molar-refractivity contribution in [1.29, 1.82) is 0 Å². The van der Waals surface area contributed by atoms with Gasteiger partial charge in [-0.2, -0.15) is 0 Å². The van der Waals surface area contributed by atoms with Crippen LogP contribution in [0.15, 0.2) is 53.4 Å². The Labute approximate surface area is 185 Å². The van der Waals surface area contributed by atoms with Crippen molar-refractivity contribution in [2.45, 2.75) is 0 Å². The number of carbonyl (C=O) groups excluding carboxylic acids is 3. The number of hydrogen-bond donors (Lipinski definition) is 1. The maximum absolute atomic E-state index is 12.7. The zero-order valence-electron chi connectivity index (χ0n) is 16.1. The average molecular weight is 453 g/mol. The number of nitrogens with one attached hydrogen (secondary N) is 1. The lowest BCUT2D eigenvalue weighted by Gasteiger charge is -2.12. The highest BCUT2D eigenvalue weighted by Crippen LogP contribution is 2.36. The first-order valence-electron chi connectivity index (χ1n) is 9.50. The highest BCUT2D eigenvalue weighted by atomic mass is 32.2. The van der Waals surface area contributed by atoms with Gasteiger partial charge in [-0.15, -0.1) is 11.3 Å². The first kappa shape index (κ1) is 19.7. The van der Waals surface area contributed by atoms with Gasteiger partial charge in [0.15, 0.2) is 11.5 Å². The molecule has 9 heteroatoms. The Morgan fingerprint density at radius 3 is 2.81 bits per heavy atom. The second kappa shape index (κ2) is 8.09. The van der Waals surface area contributed by atoms with Crippen molar-refractivity contribution < 1.29 is 23.9 Å². The number of benzene rings is 2. The van der Waals surface area contributed by atoms with Crippen LogP contribution in [0, 0.1) is 0 Å². The molecule has 2 aromatic carbocycles. The fourth-order valence-corrected chi connectivity index (χ4v) is 5.15. The molecule has 3 heterocycles. The van der Waals surface area contributed by atoms with E-state index in [4.69, 9.17) is 9.47 Å². The number of ether oxygens (including phenoxy) is 2. The van der Waals surface area contributed by atoms with Crippen molar-refractivity contribution in [3.05, 3.63) is 63.9 Å². The molecule has 0 bridgehead atoms. The molecule has 1 saturated heterocycles. The highest BCUT2D eigenvalue weighted by molar-refractivity contribution is 8.18. The number of carbonyl (C=O) groups is 3. The lowest BCUT2D eigenvalue weighted by Crippen LogP contribution is -2.37. The third-order valence-corrected chi connectivity index (χ3v) is 6.86. The van der Waals surface area contributed by atoms with E-state index in [1.54, 1.807) is 24.3 Å². The van der Waals surface area contributed by atoms with Crippen LogP contribution < -0.4 is 14.8 Å². The fourth-order valence-electron chi connectivity index (χ4n) is 3.31. The van der Waals surface area contributed by atoms with E-state index >= 15 is 0 Å². The summed E-state index contributed by atoms with van der Waals surface area (Å²) in [6, 6.07) is 14.9. The van der Waals surface area contributed by atoms with Crippen LogP contribution in [0.4, 0.5) is 4.79 Å². The number of amides is 3. The van der Waals surface area contributed by atoms with E-state index in [0.29, 0.717) is 21.3 Å². The second-order valence-corrected chi connectivity index (χ2v) is 8.93. The summed E-state index contributed by atoms with van der Waals surface area (Å²) in [6.45, 7) is 0.463. The Morgan fingerprint density at radius 1 is 1.10 bits per heavy atom. The molecule has 3 aromatic rings. The molecule has 3 amide bonds. The Hall–Kier alpha value is -3.30. The molecule has 7 nitrogen and oxygen atoms in total. The van der Waals surface area contributed by atoms with E-state index in [1.165, 1.54) is 11.3 Å². The predicted octanol–water partition coefficient (Wildman–Crippen LogP) is 4.10. The summed E-state index contributed by atoms with van der Waals surface area (Å²) >= 11 is 2.29. The molecular weight excluding hydrogens is 436 g/mol. The van der Waals surface area contributed by atoms with Gasteiger partial charge < -0.3 is 14.8 Å². The summed E-state index contributed by atoms with van der Waals surface area (Å²) in [5.74, 6) is 0.671. The lowest BCUT2D eigenvalue weighted by atomic mass is 10.2. The van der Waals surface area contributed by atoms with Crippen LogP contribution in [0.3, 0.4) is 0 Å². The van der Waals surface area contributed by atoms with Crippen molar-refractivity contribution in [2.24, 2.45) is 0 Å². The number of fused-ring (bicyclic) bond motifs is 2. The molecule has 0 radical (unpaired) electrons. The van der Waals surface area contributed by atoms with Crippen molar-refractivity contribution in [3.8, 4) is 11.5 Å². The number of thiophene rings is 1. The van der Waals surface area contributed by atoms with E-state index in [0.717, 1.165) is 32.3 Å². The van der Waals surface area contributed by atoms with E-state index in [1.807, 2.05) is 30.3 Å². The molecule has 0 atom stereocenters. The monoisotopic (exact) mass is 452 g/mol. The molecule has 0 aliphatic carbocycles. The smallest absolute Gasteiger partial charge is 0.293 e. The molecule has 0 unspecified atom stereocenters. The fraction of sp³-hybridized carbons (Fsp3) is 0.136. The van der Waals surface area contributed by atoms with Crippen molar-refractivity contribution in [3.63, 3.8) is 0 Å². The van der Waals surface area contributed by atoms with Gasteiger partial charge in [-0.05, 0) is 53.1 Å². The Morgan fingerprint density at radius 2 is 1.94 bits per heavy atom. The molecule has 0 spiro atoms. The minimum atomic E-state index is -0.372. The Kier molecular flexibility index (Phi) is 5.13. The van der Waals surface area contributed by atoms with Gasteiger partial charge in [-0.25, -0.2) is 0 Å². The third-order valence-electron chi connectivity index (χ3n) is 4.84. The summed E-state index contributed by atoms with van der Waals surface area (Å²) in [4.78, 5) is 39.5. The van der Waals surface area contributed by atoms with E-state index in [2.05, 4.69) is 5.32 Å². The number of imide groups is 1. The molecule has 1 fully saturated rings. The lowest BCUT2D eigenvalue weighted by molar-refractivity contribution is -0.122. The molecule has 5 rings (SSSR count). The van der Waals surface area contributed by atoms with Gasteiger partial charge in [0, 0.05) is 17.8 Å². The third kappa shape index (κ3) is 3.89. The Balaban J connectivity index is 1.21. The summed E-state index contributed by atoms with van der Waals surface area (Å²) in [6.07, 6.45) is 1.66. The van der Waals surface area contributed by atoms with Gasteiger partial charge in [-0.3, -0.25) is 19.3 Å². The second-order valence-electron chi connectivity index (χ2n) is 6.85. The molecule has 2 aliphatic rings. The van der Waals surface area contributed by atoms with Gasteiger partial charge in [0.25, 0.3) is 17.1 Å². The van der Waals surface area contributed by atoms with Crippen molar-refractivity contribution in [1.82, 2.24) is 10.2 Å². The number of hydrogen-bond acceptors (Lipinski definition) is 7. The highest BCUT2D eigenvalue weighted by Gasteiger charge is 2.34. The van der Waals surface area contributed by atoms with Gasteiger partial charge in [0.05, 0.1) is 9.78 Å². The Bertz CT molecular complexity index is 1220. The van der Waals surface area contributed by atoms with Crippen molar-refractivity contribution in [2.75, 3.05) is 19.9 Å². The maximum Gasteiger partial charge on any atom is 0.293 e. The molecule has 156 valence electrons. The molecular formula is C22H16N2O5S2. The standard InChI is InChI=1S/C22H16N2O5S2/c25-20(18-11-14-3-1-2-4-17(14)30-18)23-7-8-24-21(26)19(31-22(24)27)10-13-5-6-15-16(9-13)29-12-28-15/h1-6,9-11H,7-8,12H2,(H,23,25)/b19-10+. The van der Waals surface area contributed by atoms with Gasteiger partial charge >= 0.3 is 0 Å². The summed E-state index contributed by atoms with van der Waals surface area (Å²) in [5, 5.41) is 3.44. The summed E-state index contributed by atoms with van der Waals surface area (Å²) in [7, 11) is 0. The molecule has 2 aliphatic heterocycles. The van der Waals surface area contributed by atoms with Crippen LogP contribution in [-0.4, -0.2) is 41.8 Å². The largest absolute Gasteiger partial charge is 0.454 e. The molecule has 1 N–H and O–H groups in total. The zero-order chi connectivity index (χ0) is 21.4. The van der Waals surface area contributed by atoms with Gasteiger partial charge in [-0.1, -0.05) is 24.3 Å². The SMILES string of the molecule is O=C(NCCN1C(=O)S/C(=C/c2ccc3c(c2)OCO3)C1=O)c1cc2ccccc2s1. The topological polar surface area (TPSA) is 84.9 Å². The van der Waals surface area contributed by atoms with Gasteiger partial charge in [0.1, 0.15) is 0 Å². The van der Waals surface area contributed by atoms with Crippen molar-refractivity contribution >= 4 is 56.3 Å². The first-order valence-corrected chi connectivity index (χ1v) is 11.1. The van der Waals surface area contributed by atoms with E-state index < -0.39 is 0 Å². The van der Waals surface area contributed by atoms with Crippen LogP contribution in [-0.2, 0) is 4.79 Å². The van der Waals surface area contributed by atoms with Crippen LogP contribution in [0.25, 0.3) is 16.2 Å². The quantitative estimate of drug-likeness (QED) is 0.587. The normalized spacial score (nSPS) is 16.5. The average Bonchev–Trinajstić information content (AvgIpc) is 3.47. The van der Waals surface area contributed by atoms with E-state index in [-0.39, 0.29) is 36.9 Å². The number of nitrogens with zero attached hydrogens (tertiary/aromatic N) is 1. The maximum atomic E-state index is 12.7. The van der Waals surface area contributed by atoms with Crippen LogP contribution in [0.2, 0.25) is 0 Å². The predicted molar refractivity (Wildman–Crippen MR) is 119 cm³/mol. The zero-order valence-corrected chi connectivity index (χ0v) is 17.8. The van der Waals surface area contributed by atoms with Crippen LogP contribution in [0.1, 0.15) is 15.2 Å². The van der Waals surface area contributed by atoms with Crippen LogP contribution >= 0.6 is 23.1 Å². The van der Waals surface area contributed by atoms with Crippen LogP contribution in [0.5, 0.6) is 11.5 Å². The molecule has 31 heavy (non-hydrogen) atoms. The summed E-state index contributed by atoms with van der Waals surface area (Å²) < 4.78 is 11.7. The van der Waals surface area contributed by atoms with Gasteiger partial charge in [0.2, 0.25) is 6.79 Å². The minimum Gasteiger partial charge on any atom is -0.454 e. The minimum absolute atomic E-state index is 0.111. The molecule has 0 saturated carbocycles. The number of thioether (sulfide) groups is 1. The van der Waals surface area contributed by atoms with E-state index in [9.17, 15) is 14.4 Å². The summed E-state index contributed by atoms with van der Waals surface area (Å²) in [5.41, 5.74) is 0.743. The molecule has 1 aromatic heterocycles.